The van der Waals surface area contributed by atoms with Crippen LogP contribution in [0.15, 0.2) is 23.1 Å². The molecule has 0 radical (unpaired) electrons. The highest BCUT2D eigenvalue weighted by atomic mass is 35.5. The number of halogens is 1. The topological polar surface area (TPSA) is 75.7 Å². The molecule has 1 N–H and O–H groups in total. The van der Waals surface area contributed by atoms with Gasteiger partial charge in [-0.2, -0.15) is 4.31 Å². The van der Waals surface area contributed by atoms with Crippen molar-refractivity contribution in [2.75, 3.05) is 33.4 Å². The lowest BCUT2D eigenvalue weighted by Crippen LogP contribution is -2.31. The second-order valence-electron chi connectivity index (χ2n) is 4.83. The molecule has 1 aromatic carbocycles. The summed E-state index contributed by atoms with van der Waals surface area (Å²) in [6.07, 6.45) is 0.664. The quantitative estimate of drug-likeness (QED) is 0.683. The van der Waals surface area contributed by atoms with Gasteiger partial charge >= 0.3 is 0 Å². The van der Waals surface area contributed by atoms with Crippen molar-refractivity contribution in [2.24, 2.45) is 0 Å². The Morgan fingerprint density at radius 2 is 1.96 bits per heavy atom. The molecule has 0 aliphatic carbocycles. The number of carbonyl (C=O) groups excluding carboxylic acids is 1. The van der Waals surface area contributed by atoms with Crippen LogP contribution in [-0.4, -0.2) is 52.0 Å². The highest BCUT2D eigenvalue weighted by Gasteiger charge is 2.23. The summed E-state index contributed by atoms with van der Waals surface area (Å²) in [6, 6.07) is 4.17. The molecule has 130 valence electrons. The average Bonchev–Trinajstić information content (AvgIpc) is 2.52. The van der Waals surface area contributed by atoms with Crippen LogP contribution < -0.4 is 5.32 Å². The number of ether oxygens (including phenoxy) is 1. The maximum atomic E-state index is 12.5. The van der Waals surface area contributed by atoms with E-state index in [9.17, 15) is 13.2 Å². The predicted octanol–water partition coefficient (Wildman–Crippen LogP) is 2.14. The van der Waals surface area contributed by atoms with Crippen LogP contribution in [0.1, 0.15) is 30.6 Å². The second kappa shape index (κ2) is 9.22. The normalized spacial score (nSPS) is 11.7. The van der Waals surface area contributed by atoms with Gasteiger partial charge in [0.15, 0.2) is 0 Å². The highest BCUT2D eigenvalue weighted by Crippen LogP contribution is 2.23. The van der Waals surface area contributed by atoms with Gasteiger partial charge in [-0.15, -0.1) is 0 Å². The summed E-state index contributed by atoms with van der Waals surface area (Å²) in [5.74, 6) is -0.400. The number of hydrogen-bond acceptors (Lipinski definition) is 4. The number of hydrogen-bond donors (Lipinski definition) is 1. The second-order valence-corrected chi connectivity index (χ2v) is 7.18. The van der Waals surface area contributed by atoms with E-state index in [1.54, 1.807) is 21.0 Å². The Balaban J connectivity index is 3.01. The van der Waals surface area contributed by atoms with Crippen molar-refractivity contribution < 1.29 is 17.9 Å². The third kappa shape index (κ3) is 5.17. The molecule has 0 spiro atoms. The van der Waals surface area contributed by atoms with Crippen molar-refractivity contribution in [3.8, 4) is 0 Å². The van der Waals surface area contributed by atoms with E-state index in [0.717, 1.165) is 0 Å². The van der Waals surface area contributed by atoms with Gasteiger partial charge in [0.25, 0.3) is 5.91 Å². The fourth-order valence-electron chi connectivity index (χ4n) is 2.07. The Morgan fingerprint density at radius 3 is 2.52 bits per heavy atom. The third-order valence-electron chi connectivity index (χ3n) is 3.34. The molecule has 1 rings (SSSR count). The molecule has 0 atom stereocenters. The van der Waals surface area contributed by atoms with Crippen LogP contribution in [0.3, 0.4) is 0 Å². The Hall–Kier alpha value is -1.15. The van der Waals surface area contributed by atoms with E-state index in [1.807, 2.05) is 0 Å². The number of amides is 1. The third-order valence-corrected chi connectivity index (χ3v) is 5.71. The maximum Gasteiger partial charge on any atom is 0.252 e. The van der Waals surface area contributed by atoms with E-state index in [2.05, 4.69) is 5.32 Å². The van der Waals surface area contributed by atoms with E-state index >= 15 is 0 Å². The monoisotopic (exact) mass is 362 g/mol. The van der Waals surface area contributed by atoms with E-state index in [0.29, 0.717) is 32.7 Å². The Labute approximate surface area is 142 Å². The van der Waals surface area contributed by atoms with E-state index in [1.165, 1.54) is 22.5 Å². The van der Waals surface area contributed by atoms with Gasteiger partial charge in [0, 0.05) is 33.4 Å². The number of rotatable bonds is 9. The highest BCUT2D eigenvalue weighted by molar-refractivity contribution is 7.89. The SMILES string of the molecule is CCN(CC)S(=O)(=O)c1ccc(Cl)c(C(=O)NCCCOC)c1. The Bertz CT molecular complexity index is 630. The Kier molecular flexibility index (Phi) is 7.98. The predicted molar refractivity (Wildman–Crippen MR) is 90.4 cm³/mol. The first kappa shape index (κ1) is 19.9. The average molecular weight is 363 g/mol. The molecule has 0 aliphatic rings. The number of methoxy groups -OCH3 is 1. The minimum absolute atomic E-state index is 0.0626. The Morgan fingerprint density at radius 1 is 1.30 bits per heavy atom. The van der Waals surface area contributed by atoms with Crippen molar-refractivity contribution in [3.63, 3.8) is 0 Å². The minimum Gasteiger partial charge on any atom is -0.385 e. The van der Waals surface area contributed by atoms with Crippen molar-refractivity contribution in [3.05, 3.63) is 28.8 Å². The number of nitrogens with zero attached hydrogens (tertiary/aromatic N) is 1. The first-order valence-corrected chi connectivity index (χ1v) is 9.27. The van der Waals surface area contributed by atoms with Gasteiger partial charge in [-0.3, -0.25) is 4.79 Å². The van der Waals surface area contributed by atoms with Gasteiger partial charge in [-0.05, 0) is 24.6 Å². The molecule has 1 aromatic rings. The summed E-state index contributed by atoms with van der Waals surface area (Å²) in [5, 5.41) is 2.91. The lowest BCUT2D eigenvalue weighted by Gasteiger charge is -2.19. The van der Waals surface area contributed by atoms with Gasteiger partial charge in [0.1, 0.15) is 0 Å². The van der Waals surface area contributed by atoms with Crippen molar-refractivity contribution in [2.45, 2.75) is 25.2 Å². The van der Waals surface area contributed by atoms with Crippen LogP contribution in [0.4, 0.5) is 0 Å². The molecular weight excluding hydrogens is 340 g/mol. The zero-order valence-electron chi connectivity index (χ0n) is 13.6. The number of carbonyl (C=O) groups is 1. The smallest absolute Gasteiger partial charge is 0.252 e. The number of sulfonamides is 1. The van der Waals surface area contributed by atoms with Crippen molar-refractivity contribution in [1.29, 1.82) is 0 Å². The summed E-state index contributed by atoms with van der Waals surface area (Å²) in [4.78, 5) is 12.2. The standard InChI is InChI=1S/C15H23ClN2O4S/c1-4-18(5-2)23(20,21)12-7-8-14(16)13(11-12)15(19)17-9-6-10-22-3/h7-8,11H,4-6,9-10H2,1-3H3,(H,17,19). The summed E-state index contributed by atoms with van der Waals surface area (Å²) >= 11 is 6.03. The minimum atomic E-state index is -3.63. The fraction of sp³-hybridized carbons (Fsp3) is 0.533. The zero-order chi connectivity index (χ0) is 17.5. The molecular formula is C15H23ClN2O4S. The molecule has 0 saturated carbocycles. The molecule has 1 amide bonds. The van der Waals surface area contributed by atoms with Crippen molar-refractivity contribution >= 4 is 27.5 Å². The van der Waals surface area contributed by atoms with Gasteiger partial charge in [0.2, 0.25) is 10.0 Å². The molecule has 23 heavy (non-hydrogen) atoms. The molecule has 0 aromatic heterocycles. The van der Waals surface area contributed by atoms with Crippen molar-refractivity contribution in [1.82, 2.24) is 9.62 Å². The van der Waals surface area contributed by atoms with Crippen LogP contribution in [-0.2, 0) is 14.8 Å². The van der Waals surface area contributed by atoms with Gasteiger partial charge in [0.05, 0.1) is 15.5 Å². The lowest BCUT2D eigenvalue weighted by molar-refractivity contribution is 0.0948. The van der Waals surface area contributed by atoms with Gasteiger partial charge in [-0.1, -0.05) is 25.4 Å². The molecule has 6 nitrogen and oxygen atoms in total. The van der Waals surface area contributed by atoms with Gasteiger partial charge < -0.3 is 10.1 Å². The van der Waals surface area contributed by atoms with Crippen LogP contribution in [0.5, 0.6) is 0 Å². The molecule has 0 unspecified atom stereocenters. The summed E-state index contributed by atoms with van der Waals surface area (Å²) < 4.78 is 31.3. The number of nitrogens with one attached hydrogen (secondary N) is 1. The van der Waals surface area contributed by atoms with Gasteiger partial charge in [-0.25, -0.2) is 8.42 Å². The first-order valence-electron chi connectivity index (χ1n) is 7.45. The zero-order valence-corrected chi connectivity index (χ0v) is 15.2. The fourth-order valence-corrected chi connectivity index (χ4v) is 3.75. The lowest BCUT2D eigenvalue weighted by atomic mass is 10.2. The summed E-state index contributed by atoms with van der Waals surface area (Å²) in [7, 11) is -2.04. The molecule has 0 heterocycles. The summed E-state index contributed by atoms with van der Waals surface area (Å²) in [5.41, 5.74) is 0.150. The molecule has 0 saturated heterocycles. The molecule has 0 fully saturated rings. The van der Waals surface area contributed by atoms with Crippen LogP contribution in [0.25, 0.3) is 0 Å². The largest absolute Gasteiger partial charge is 0.385 e. The molecule has 0 bridgehead atoms. The van der Waals surface area contributed by atoms with E-state index < -0.39 is 15.9 Å². The van der Waals surface area contributed by atoms with E-state index in [-0.39, 0.29) is 15.5 Å². The van der Waals surface area contributed by atoms with Crippen LogP contribution in [0, 0.1) is 0 Å². The van der Waals surface area contributed by atoms with E-state index in [4.69, 9.17) is 16.3 Å². The summed E-state index contributed by atoms with van der Waals surface area (Å²) in [6.45, 7) is 5.21. The molecule has 8 heteroatoms. The maximum absolute atomic E-state index is 12.5. The number of benzene rings is 1. The molecule has 0 aliphatic heterocycles. The van der Waals surface area contributed by atoms with Crippen LogP contribution in [0.2, 0.25) is 5.02 Å². The van der Waals surface area contributed by atoms with Crippen LogP contribution >= 0.6 is 11.6 Å². The first-order chi connectivity index (χ1) is 10.9.